The second-order valence-corrected chi connectivity index (χ2v) is 10.5. The summed E-state index contributed by atoms with van der Waals surface area (Å²) in [5.41, 5.74) is -0.425. The number of rotatable bonds is 8. The average molecular weight is 438 g/mol. The van der Waals surface area contributed by atoms with Gasteiger partial charge in [0.25, 0.3) is 0 Å². The third kappa shape index (κ3) is 4.14. The fourth-order valence-electron chi connectivity index (χ4n) is 5.58. The van der Waals surface area contributed by atoms with Gasteiger partial charge in [-0.05, 0) is 43.4 Å². The SMILES string of the molecule is CCCCCC(=O)Nc1nc2c(s1)C[C@@H]1[C@](C)(CO)[C@H](O)CC[C@@]1(C)[C@@H]2CC(=O)[O-]. The zero-order valence-electron chi connectivity index (χ0n) is 18.1. The van der Waals surface area contributed by atoms with Crippen LogP contribution in [0.25, 0.3) is 0 Å². The van der Waals surface area contributed by atoms with E-state index in [1.165, 1.54) is 11.3 Å². The number of thiazole rings is 1. The third-order valence-electron chi connectivity index (χ3n) is 7.52. The standard InChI is InChI=1S/C22H34N2O5S/c1-4-5-6-7-17(27)23-20-24-19-13(10-18(28)29)21(2)9-8-16(26)22(3,12-25)15(21)11-14(19)30-20/h13,15-16,25-26H,4-12H2,1-3H3,(H,28,29)(H,23,24,27)/p-1/t13-,15+,16-,21+,22+/m1/s1. The van der Waals surface area contributed by atoms with Crippen LogP contribution in [0.1, 0.15) is 82.2 Å². The number of amides is 1. The zero-order valence-corrected chi connectivity index (χ0v) is 18.9. The molecule has 168 valence electrons. The molecule has 1 fully saturated rings. The van der Waals surface area contributed by atoms with Gasteiger partial charge in [0.1, 0.15) is 0 Å². The summed E-state index contributed by atoms with van der Waals surface area (Å²) in [7, 11) is 0. The van der Waals surface area contributed by atoms with Crippen molar-refractivity contribution in [3.05, 3.63) is 10.6 Å². The smallest absolute Gasteiger partial charge is 0.226 e. The predicted molar refractivity (Wildman–Crippen MR) is 113 cm³/mol. The number of anilines is 1. The Morgan fingerprint density at radius 1 is 1.33 bits per heavy atom. The topological polar surface area (TPSA) is 123 Å². The van der Waals surface area contributed by atoms with Crippen LogP contribution in [0.2, 0.25) is 0 Å². The molecule has 0 bridgehead atoms. The van der Waals surface area contributed by atoms with Gasteiger partial charge in [-0.15, -0.1) is 11.3 Å². The highest BCUT2D eigenvalue weighted by molar-refractivity contribution is 7.15. The molecule has 0 unspecified atom stereocenters. The molecule has 2 aliphatic rings. The van der Waals surface area contributed by atoms with E-state index in [4.69, 9.17) is 0 Å². The molecule has 0 radical (unpaired) electrons. The summed E-state index contributed by atoms with van der Waals surface area (Å²) in [4.78, 5) is 29.5. The Morgan fingerprint density at radius 3 is 2.70 bits per heavy atom. The molecule has 1 aromatic heterocycles. The van der Waals surface area contributed by atoms with Gasteiger partial charge in [0.2, 0.25) is 5.91 Å². The summed E-state index contributed by atoms with van der Waals surface area (Å²) < 4.78 is 0. The van der Waals surface area contributed by atoms with Crippen molar-refractivity contribution in [2.24, 2.45) is 16.7 Å². The predicted octanol–water partition coefficient (Wildman–Crippen LogP) is 2.22. The minimum Gasteiger partial charge on any atom is -0.550 e. The average Bonchev–Trinajstić information content (AvgIpc) is 3.08. The van der Waals surface area contributed by atoms with Gasteiger partial charge >= 0.3 is 0 Å². The number of nitrogens with one attached hydrogen (secondary N) is 1. The van der Waals surface area contributed by atoms with Crippen molar-refractivity contribution in [1.82, 2.24) is 4.98 Å². The van der Waals surface area contributed by atoms with Crippen molar-refractivity contribution in [2.75, 3.05) is 11.9 Å². The molecule has 3 N–H and O–H groups in total. The van der Waals surface area contributed by atoms with E-state index < -0.39 is 22.9 Å². The van der Waals surface area contributed by atoms with E-state index >= 15 is 0 Å². The zero-order chi connectivity index (χ0) is 22.1. The van der Waals surface area contributed by atoms with Crippen LogP contribution in [0.4, 0.5) is 5.13 Å². The summed E-state index contributed by atoms with van der Waals surface area (Å²) in [6.07, 6.45) is 4.27. The fraction of sp³-hybridized carbons (Fsp3) is 0.773. The maximum Gasteiger partial charge on any atom is 0.226 e. The first-order valence-corrected chi connectivity index (χ1v) is 11.8. The van der Waals surface area contributed by atoms with Crippen LogP contribution < -0.4 is 10.4 Å². The van der Waals surface area contributed by atoms with Gasteiger partial charge in [0, 0.05) is 28.6 Å². The second-order valence-electron chi connectivity index (χ2n) is 9.44. The number of carboxylic acid groups (broad SMARTS) is 1. The lowest BCUT2D eigenvalue weighted by Crippen LogP contribution is -2.57. The number of fused-ring (bicyclic) bond motifs is 2. The number of aliphatic hydroxyl groups is 2. The highest BCUT2D eigenvalue weighted by Crippen LogP contribution is 2.62. The number of hydrogen-bond donors (Lipinski definition) is 3. The molecule has 30 heavy (non-hydrogen) atoms. The highest BCUT2D eigenvalue weighted by Gasteiger charge is 2.58. The van der Waals surface area contributed by atoms with Gasteiger partial charge in [-0.3, -0.25) is 4.79 Å². The lowest BCUT2D eigenvalue weighted by Gasteiger charge is -2.58. The van der Waals surface area contributed by atoms with Crippen molar-refractivity contribution in [3.63, 3.8) is 0 Å². The minimum atomic E-state index is -1.14. The maximum atomic E-state index is 12.3. The van der Waals surface area contributed by atoms with Crippen molar-refractivity contribution in [1.29, 1.82) is 0 Å². The van der Waals surface area contributed by atoms with Crippen LogP contribution in [0.3, 0.4) is 0 Å². The van der Waals surface area contributed by atoms with Crippen LogP contribution in [0, 0.1) is 16.7 Å². The normalized spacial score (nSPS) is 32.9. The van der Waals surface area contributed by atoms with Crippen LogP contribution in [0.5, 0.6) is 0 Å². The number of carboxylic acids is 1. The van der Waals surface area contributed by atoms with Crippen molar-refractivity contribution in [3.8, 4) is 0 Å². The molecular weight excluding hydrogens is 404 g/mol. The van der Waals surface area contributed by atoms with E-state index in [2.05, 4.69) is 24.1 Å². The van der Waals surface area contributed by atoms with Gasteiger partial charge in [0.15, 0.2) is 5.13 Å². The Balaban J connectivity index is 1.94. The maximum absolute atomic E-state index is 12.3. The summed E-state index contributed by atoms with van der Waals surface area (Å²) in [6, 6.07) is 0. The van der Waals surface area contributed by atoms with Gasteiger partial charge in [-0.1, -0.05) is 33.6 Å². The molecule has 0 aromatic carbocycles. The molecular formula is C22H33N2O5S-. The Bertz CT molecular complexity index is 796. The van der Waals surface area contributed by atoms with Gasteiger partial charge in [-0.2, -0.15) is 0 Å². The molecule has 5 atom stereocenters. The Hall–Kier alpha value is -1.51. The van der Waals surface area contributed by atoms with Crippen molar-refractivity contribution >= 4 is 28.3 Å². The molecule has 7 nitrogen and oxygen atoms in total. The van der Waals surface area contributed by atoms with Crippen LogP contribution in [0.15, 0.2) is 0 Å². The van der Waals surface area contributed by atoms with E-state index in [1.807, 2.05) is 6.92 Å². The molecule has 1 amide bonds. The van der Waals surface area contributed by atoms with Crippen molar-refractivity contribution in [2.45, 2.75) is 84.2 Å². The second kappa shape index (κ2) is 8.93. The van der Waals surface area contributed by atoms with E-state index in [0.717, 1.165) is 29.8 Å². The first-order valence-electron chi connectivity index (χ1n) is 10.9. The monoisotopic (exact) mass is 437 g/mol. The number of nitrogens with zero attached hydrogens (tertiary/aromatic N) is 1. The van der Waals surface area contributed by atoms with Crippen LogP contribution in [-0.2, 0) is 16.0 Å². The van der Waals surface area contributed by atoms with E-state index in [-0.39, 0.29) is 30.8 Å². The number of aliphatic hydroxyl groups excluding tert-OH is 2. The number of carbonyl (C=O) groups is 2. The molecule has 0 spiro atoms. The molecule has 3 rings (SSSR count). The van der Waals surface area contributed by atoms with E-state index in [9.17, 15) is 24.9 Å². The van der Waals surface area contributed by atoms with Crippen LogP contribution in [-0.4, -0.2) is 39.8 Å². The van der Waals surface area contributed by atoms with Gasteiger partial charge in [0.05, 0.1) is 18.4 Å². The third-order valence-corrected chi connectivity index (χ3v) is 8.53. The summed E-state index contributed by atoms with van der Waals surface area (Å²) in [6.45, 7) is 5.86. The Morgan fingerprint density at radius 2 is 2.07 bits per heavy atom. The number of aliphatic carboxylic acids is 1. The molecule has 8 heteroatoms. The lowest BCUT2D eigenvalue weighted by atomic mass is 9.47. The number of hydrogen-bond acceptors (Lipinski definition) is 7. The first kappa shape index (κ1) is 23.2. The van der Waals surface area contributed by atoms with Crippen LogP contribution >= 0.6 is 11.3 Å². The molecule has 1 saturated carbocycles. The number of carbonyl (C=O) groups excluding carboxylic acids is 2. The Kier molecular flexibility index (Phi) is 6.89. The molecule has 1 aromatic rings. The summed E-state index contributed by atoms with van der Waals surface area (Å²) in [5.74, 6) is -1.69. The molecule has 1 heterocycles. The lowest BCUT2D eigenvalue weighted by molar-refractivity contribution is -0.307. The summed E-state index contributed by atoms with van der Waals surface area (Å²) in [5, 5.41) is 35.8. The molecule has 0 saturated heterocycles. The fourth-order valence-corrected chi connectivity index (χ4v) is 6.67. The largest absolute Gasteiger partial charge is 0.550 e. The van der Waals surface area contributed by atoms with E-state index in [1.54, 1.807) is 0 Å². The summed E-state index contributed by atoms with van der Waals surface area (Å²) >= 11 is 1.38. The first-order chi connectivity index (χ1) is 14.2. The molecule has 2 aliphatic carbocycles. The minimum absolute atomic E-state index is 0.0785. The quantitative estimate of drug-likeness (QED) is 0.536. The molecule has 0 aliphatic heterocycles. The highest BCUT2D eigenvalue weighted by atomic mass is 32.1. The number of aromatic nitrogens is 1. The Labute approximate surface area is 181 Å². The number of unbranched alkanes of at least 4 members (excludes halogenated alkanes) is 2. The van der Waals surface area contributed by atoms with E-state index in [0.29, 0.717) is 30.8 Å². The van der Waals surface area contributed by atoms with Gasteiger partial charge < -0.3 is 25.4 Å². The van der Waals surface area contributed by atoms with Gasteiger partial charge in [-0.25, -0.2) is 4.98 Å². The van der Waals surface area contributed by atoms with Crippen molar-refractivity contribution < 1.29 is 24.9 Å².